The topological polar surface area (TPSA) is 46.9 Å². The smallest absolute Gasteiger partial charge is 0.181 e. The first-order valence-corrected chi connectivity index (χ1v) is 6.49. The second-order valence-corrected chi connectivity index (χ2v) is 4.64. The monoisotopic (exact) mass is 265 g/mol. The number of aromatic nitrogens is 2. The molecule has 2 heterocycles. The van der Waals surface area contributed by atoms with Crippen molar-refractivity contribution in [2.75, 3.05) is 12.4 Å². The van der Waals surface area contributed by atoms with Crippen LogP contribution in [0.3, 0.4) is 0 Å². The van der Waals surface area contributed by atoms with Crippen molar-refractivity contribution in [1.82, 2.24) is 9.55 Å². The molecule has 0 saturated carbocycles. The third-order valence-corrected chi connectivity index (χ3v) is 3.25. The highest BCUT2D eigenvalue weighted by Crippen LogP contribution is 2.20. The number of benzene rings is 1. The molecule has 1 aromatic carbocycles. The van der Waals surface area contributed by atoms with E-state index in [1.165, 1.54) is 0 Å². The van der Waals surface area contributed by atoms with Crippen LogP contribution in [0.2, 0.25) is 0 Å². The second kappa shape index (κ2) is 5.17. The highest BCUT2D eigenvalue weighted by molar-refractivity contribution is 5.81. The molecular formula is C16H15N3O. The van der Waals surface area contributed by atoms with E-state index < -0.39 is 0 Å². The van der Waals surface area contributed by atoms with Gasteiger partial charge >= 0.3 is 0 Å². The molecule has 0 atom stereocenters. The molecule has 0 radical (unpaired) electrons. The van der Waals surface area contributed by atoms with Crippen LogP contribution in [0.1, 0.15) is 5.56 Å². The molecule has 0 spiro atoms. The van der Waals surface area contributed by atoms with Crippen molar-refractivity contribution in [3.63, 3.8) is 0 Å². The minimum absolute atomic E-state index is 0.0201. The van der Waals surface area contributed by atoms with E-state index in [2.05, 4.69) is 22.4 Å². The lowest BCUT2D eigenvalue weighted by atomic mass is 10.1. The quantitative estimate of drug-likeness (QED) is 0.791. The number of anilines is 1. The van der Waals surface area contributed by atoms with E-state index in [4.69, 9.17) is 0 Å². The predicted octanol–water partition coefficient (Wildman–Crippen LogP) is 2.49. The largest absolute Gasteiger partial charge is 0.373 e. The molecule has 0 aliphatic rings. The third kappa shape index (κ3) is 2.40. The van der Waals surface area contributed by atoms with Crippen molar-refractivity contribution >= 4 is 16.7 Å². The normalized spacial score (nSPS) is 10.7. The number of nitrogens with one attached hydrogen (secondary N) is 1. The molecule has 0 unspecified atom stereocenters. The first-order chi connectivity index (χ1) is 9.76. The molecule has 0 aliphatic carbocycles. The maximum atomic E-state index is 11.1. The molecule has 1 N–H and O–H groups in total. The standard InChI is InChI=1S/C16H15N3O/c1-17-16-13(11-19-8-6-14(20)7-9-19)10-12-4-2-3-5-15(12)18-16/h2-10H,11H2,1H3,(H,17,18). The van der Waals surface area contributed by atoms with Crippen LogP contribution in [-0.2, 0) is 6.54 Å². The molecule has 0 amide bonds. The molecular weight excluding hydrogens is 250 g/mol. The predicted molar refractivity (Wildman–Crippen MR) is 81.1 cm³/mol. The minimum atomic E-state index is 0.0201. The van der Waals surface area contributed by atoms with Gasteiger partial charge in [-0.05, 0) is 12.1 Å². The van der Waals surface area contributed by atoms with Crippen LogP contribution in [0, 0.1) is 0 Å². The van der Waals surface area contributed by atoms with Crippen molar-refractivity contribution in [2.24, 2.45) is 0 Å². The second-order valence-electron chi connectivity index (χ2n) is 4.64. The summed E-state index contributed by atoms with van der Waals surface area (Å²) in [7, 11) is 1.87. The Balaban J connectivity index is 2.05. The van der Waals surface area contributed by atoms with Crippen molar-refractivity contribution in [1.29, 1.82) is 0 Å². The summed E-state index contributed by atoms with van der Waals surface area (Å²) >= 11 is 0. The van der Waals surface area contributed by atoms with E-state index in [0.717, 1.165) is 22.3 Å². The minimum Gasteiger partial charge on any atom is -0.373 e. The van der Waals surface area contributed by atoms with Gasteiger partial charge in [-0.15, -0.1) is 0 Å². The van der Waals surface area contributed by atoms with Crippen LogP contribution in [0.5, 0.6) is 0 Å². The van der Waals surface area contributed by atoms with Gasteiger partial charge in [0.2, 0.25) is 0 Å². The van der Waals surface area contributed by atoms with E-state index in [9.17, 15) is 4.79 Å². The molecule has 0 aliphatic heterocycles. The summed E-state index contributed by atoms with van der Waals surface area (Å²) < 4.78 is 1.97. The SMILES string of the molecule is CNc1nc2ccccc2cc1Cn1ccc(=O)cc1. The summed E-state index contributed by atoms with van der Waals surface area (Å²) in [5, 5.41) is 4.25. The van der Waals surface area contributed by atoms with E-state index in [-0.39, 0.29) is 5.43 Å². The fourth-order valence-corrected chi connectivity index (χ4v) is 2.24. The maximum absolute atomic E-state index is 11.1. The number of hydrogen-bond donors (Lipinski definition) is 1. The number of para-hydroxylation sites is 1. The van der Waals surface area contributed by atoms with Crippen LogP contribution in [0.25, 0.3) is 10.9 Å². The fraction of sp³-hybridized carbons (Fsp3) is 0.125. The Kier molecular flexibility index (Phi) is 3.21. The highest BCUT2D eigenvalue weighted by Gasteiger charge is 2.05. The average Bonchev–Trinajstić information content (AvgIpc) is 2.49. The Hall–Kier alpha value is -2.62. The summed E-state index contributed by atoms with van der Waals surface area (Å²) in [5.41, 5.74) is 2.09. The van der Waals surface area contributed by atoms with Crippen molar-refractivity contribution in [2.45, 2.75) is 6.54 Å². The summed E-state index contributed by atoms with van der Waals surface area (Å²) in [5.74, 6) is 0.863. The first kappa shape index (κ1) is 12.4. The number of rotatable bonds is 3. The lowest BCUT2D eigenvalue weighted by Gasteiger charge is -2.12. The van der Waals surface area contributed by atoms with Crippen LogP contribution in [0.15, 0.2) is 59.7 Å². The Morgan fingerprint density at radius 2 is 1.90 bits per heavy atom. The van der Waals surface area contributed by atoms with Crippen LogP contribution < -0.4 is 10.7 Å². The van der Waals surface area contributed by atoms with E-state index >= 15 is 0 Å². The Bertz CT molecular complexity index is 788. The van der Waals surface area contributed by atoms with Gasteiger partial charge in [-0.2, -0.15) is 0 Å². The lowest BCUT2D eigenvalue weighted by molar-refractivity contribution is 0.788. The van der Waals surface area contributed by atoms with Gasteiger partial charge in [0.15, 0.2) is 5.43 Å². The van der Waals surface area contributed by atoms with Gasteiger partial charge < -0.3 is 9.88 Å². The molecule has 0 bridgehead atoms. The van der Waals surface area contributed by atoms with Gasteiger partial charge in [0.1, 0.15) is 5.82 Å². The molecule has 4 heteroatoms. The van der Waals surface area contributed by atoms with Crippen LogP contribution >= 0.6 is 0 Å². The molecule has 3 rings (SSSR count). The van der Waals surface area contributed by atoms with Crippen LogP contribution in [-0.4, -0.2) is 16.6 Å². The molecule has 4 nitrogen and oxygen atoms in total. The van der Waals surface area contributed by atoms with Gasteiger partial charge in [-0.25, -0.2) is 4.98 Å². The van der Waals surface area contributed by atoms with E-state index in [1.807, 2.05) is 29.8 Å². The van der Waals surface area contributed by atoms with Crippen molar-refractivity contribution in [3.05, 3.63) is 70.6 Å². The van der Waals surface area contributed by atoms with Gasteiger partial charge in [-0.3, -0.25) is 4.79 Å². The average molecular weight is 265 g/mol. The van der Waals surface area contributed by atoms with Gasteiger partial charge in [0.05, 0.1) is 12.1 Å². The van der Waals surface area contributed by atoms with Crippen molar-refractivity contribution in [3.8, 4) is 0 Å². The summed E-state index contributed by atoms with van der Waals surface area (Å²) in [6.07, 6.45) is 3.58. The Labute approximate surface area is 116 Å². The fourth-order valence-electron chi connectivity index (χ4n) is 2.24. The maximum Gasteiger partial charge on any atom is 0.181 e. The lowest BCUT2D eigenvalue weighted by Crippen LogP contribution is -2.07. The molecule has 20 heavy (non-hydrogen) atoms. The van der Waals surface area contributed by atoms with Gasteiger partial charge in [0.25, 0.3) is 0 Å². The van der Waals surface area contributed by atoms with Gasteiger partial charge in [-0.1, -0.05) is 18.2 Å². The zero-order chi connectivity index (χ0) is 13.9. The highest BCUT2D eigenvalue weighted by atomic mass is 16.1. The summed E-state index contributed by atoms with van der Waals surface area (Å²) in [6, 6.07) is 13.3. The number of fused-ring (bicyclic) bond motifs is 1. The summed E-state index contributed by atoms with van der Waals surface area (Å²) in [6.45, 7) is 0.675. The van der Waals surface area contributed by atoms with Gasteiger partial charge in [0, 0.05) is 42.5 Å². The molecule has 0 saturated heterocycles. The zero-order valence-corrected chi connectivity index (χ0v) is 11.2. The zero-order valence-electron chi connectivity index (χ0n) is 11.2. The van der Waals surface area contributed by atoms with Crippen LogP contribution in [0.4, 0.5) is 5.82 Å². The molecule has 3 aromatic rings. The third-order valence-electron chi connectivity index (χ3n) is 3.25. The van der Waals surface area contributed by atoms with Crippen molar-refractivity contribution < 1.29 is 0 Å². The first-order valence-electron chi connectivity index (χ1n) is 6.49. The number of nitrogens with zero attached hydrogens (tertiary/aromatic N) is 2. The molecule has 0 fully saturated rings. The summed E-state index contributed by atoms with van der Waals surface area (Å²) in [4.78, 5) is 15.8. The Morgan fingerprint density at radius 1 is 1.15 bits per heavy atom. The molecule has 2 aromatic heterocycles. The Morgan fingerprint density at radius 3 is 2.65 bits per heavy atom. The number of pyridine rings is 2. The van der Waals surface area contributed by atoms with E-state index in [1.54, 1.807) is 24.5 Å². The number of hydrogen-bond acceptors (Lipinski definition) is 3. The molecule has 100 valence electrons. The van der Waals surface area contributed by atoms with E-state index in [0.29, 0.717) is 6.54 Å².